The molecule has 0 aromatic heterocycles. The number of likely N-dealkylation sites (N-methyl/N-ethyl adjacent to an activating group) is 1. The summed E-state index contributed by atoms with van der Waals surface area (Å²) >= 11 is 0. The van der Waals surface area contributed by atoms with E-state index in [0.717, 1.165) is 12.0 Å². The van der Waals surface area contributed by atoms with Crippen molar-refractivity contribution in [3.63, 3.8) is 0 Å². The van der Waals surface area contributed by atoms with Crippen LogP contribution >= 0.6 is 0 Å². The van der Waals surface area contributed by atoms with Crippen LogP contribution in [0.1, 0.15) is 17.3 Å². The van der Waals surface area contributed by atoms with Gasteiger partial charge in [-0.3, -0.25) is 4.79 Å². The Hall–Kier alpha value is -1.84. The smallest absolute Gasteiger partial charge is 0.326 e. The zero-order valence-electron chi connectivity index (χ0n) is 8.68. The molecule has 0 radical (unpaired) electrons. The molecule has 4 heteroatoms. The lowest BCUT2D eigenvalue weighted by Gasteiger charge is -2.23. The standard InChI is InChI=1S/C11H13NO3/c1-8(11(14)15)12(2)10-5-3-9(7-13)4-6-10/h3-8H,1-2H3,(H,14,15). The van der Waals surface area contributed by atoms with Gasteiger partial charge >= 0.3 is 5.97 Å². The van der Waals surface area contributed by atoms with Crippen LogP contribution in [0.4, 0.5) is 5.69 Å². The Kier molecular flexibility index (Phi) is 3.44. The van der Waals surface area contributed by atoms with Crippen molar-refractivity contribution in [2.75, 3.05) is 11.9 Å². The largest absolute Gasteiger partial charge is 0.480 e. The van der Waals surface area contributed by atoms with Crippen molar-refractivity contribution >= 4 is 17.9 Å². The maximum atomic E-state index is 10.7. The van der Waals surface area contributed by atoms with E-state index in [1.165, 1.54) is 0 Å². The lowest BCUT2D eigenvalue weighted by Crippen LogP contribution is -2.35. The van der Waals surface area contributed by atoms with E-state index in [1.807, 2.05) is 0 Å². The number of aliphatic carboxylic acids is 1. The third-order valence-electron chi connectivity index (χ3n) is 2.37. The summed E-state index contributed by atoms with van der Waals surface area (Å²) in [5, 5.41) is 8.82. The molecule has 0 fully saturated rings. The zero-order valence-corrected chi connectivity index (χ0v) is 8.68. The Labute approximate surface area is 88.1 Å². The SMILES string of the molecule is CC(C(=O)O)N(C)c1ccc(C=O)cc1. The van der Waals surface area contributed by atoms with Crippen molar-refractivity contribution in [3.05, 3.63) is 29.8 Å². The van der Waals surface area contributed by atoms with E-state index in [4.69, 9.17) is 5.11 Å². The first-order valence-electron chi connectivity index (χ1n) is 4.57. The number of anilines is 1. The third kappa shape index (κ3) is 2.56. The zero-order chi connectivity index (χ0) is 11.4. The van der Waals surface area contributed by atoms with Crippen molar-refractivity contribution in [1.82, 2.24) is 0 Å². The second kappa shape index (κ2) is 4.59. The Morgan fingerprint density at radius 2 is 1.93 bits per heavy atom. The predicted octanol–water partition coefficient (Wildman–Crippen LogP) is 1.41. The molecule has 1 N–H and O–H groups in total. The Balaban J connectivity index is 2.86. The topological polar surface area (TPSA) is 57.6 Å². The van der Waals surface area contributed by atoms with Gasteiger partial charge in [-0.25, -0.2) is 4.79 Å². The van der Waals surface area contributed by atoms with Gasteiger partial charge in [0.25, 0.3) is 0 Å². The number of benzene rings is 1. The Morgan fingerprint density at radius 1 is 1.40 bits per heavy atom. The molecule has 0 spiro atoms. The number of carbonyl (C=O) groups is 2. The second-order valence-electron chi connectivity index (χ2n) is 3.33. The molecule has 1 atom stereocenters. The molecular formula is C11H13NO3. The van der Waals surface area contributed by atoms with Gasteiger partial charge in [-0.15, -0.1) is 0 Å². The van der Waals surface area contributed by atoms with Crippen LogP contribution in [0, 0.1) is 0 Å². The molecule has 0 aliphatic heterocycles. The van der Waals surface area contributed by atoms with Gasteiger partial charge in [-0.05, 0) is 31.2 Å². The summed E-state index contributed by atoms with van der Waals surface area (Å²) in [6.07, 6.45) is 0.754. The van der Waals surface area contributed by atoms with E-state index in [2.05, 4.69) is 0 Å². The lowest BCUT2D eigenvalue weighted by molar-refractivity contribution is -0.138. The molecule has 1 rings (SSSR count). The summed E-state index contributed by atoms with van der Waals surface area (Å²) in [6.45, 7) is 1.61. The first-order chi connectivity index (χ1) is 7.06. The van der Waals surface area contributed by atoms with Crippen molar-refractivity contribution in [1.29, 1.82) is 0 Å². The molecule has 0 amide bonds. The van der Waals surface area contributed by atoms with Crippen molar-refractivity contribution in [2.45, 2.75) is 13.0 Å². The molecule has 0 heterocycles. The van der Waals surface area contributed by atoms with Crippen LogP contribution in [-0.2, 0) is 4.79 Å². The predicted molar refractivity (Wildman–Crippen MR) is 57.3 cm³/mol. The Morgan fingerprint density at radius 3 is 2.33 bits per heavy atom. The highest BCUT2D eigenvalue weighted by molar-refractivity contribution is 5.79. The van der Waals surface area contributed by atoms with E-state index in [0.29, 0.717) is 5.56 Å². The van der Waals surface area contributed by atoms with Crippen LogP contribution in [0.15, 0.2) is 24.3 Å². The number of hydrogen-bond donors (Lipinski definition) is 1. The Bertz CT molecular complexity index is 359. The van der Waals surface area contributed by atoms with Gasteiger partial charge in [0.1, 0.15) is 12.3 Å². The summed E-state index contributed by atoms with van der Waals surface area (Å²) in [4.78, 5) is 22.8. The number of carbonyl (C=O) groups excluding carboxylic acids is 1. The van der Waals surface area contributed by atoms with Gasteiger partial charge in [-0.1, -0.05) is 0 Å². The fraction of sp³-hybridized carbons (Fsp3) is 0.273. The minimum atomic E-state index is -0.878. The molecule has 1 unspecified atom stereocenters. The number of nitrogens with zero attached hydrogens (tertiary/aromatic N) is 1. The fourth-order valence-electron chi connectivity index (χ4n) is 1.18. The normalized spacial score (nSPS) is 11.9. The van der Waals surface area contributed by atoms with Gasteiger partial charge in [0.15, 0.2) is 0 Å². The van der Waals surface area contributed by atoms with Gasteiger partial charge in [0, 0.05) is 18.3 Å². The van der Waals surface area contributed by atoms with Crippen LogP contribution in [0.2, 0.25) is 0 Å². The van der Waals surface area contributed by atoms with E-state index in [9.17, 15) is 9.59 Å². The molecule has 0 bridgehead atoms. The first kappa shape index (κ1) is 11.2. The highest BCUT2D eigenvalue weighted by atomic mass is 16.4. The molecule has 0 saturated carbocycles. The molecule has 0 aliphatic rings. The molecule has 1 aromatic rings. The van der Waals surface area contributed by atoms with E-state index >= 15 is 0 Å². The summed E-state index contributed by atoms with van der Waals surface area (Å²) in [5.41, 5.74) is 1.35. The number of aldehydes is 1. The molecule has 0 saturated heterocycles. The summed E-state index contributed by atoms with van der Waals surface area (Å²) in [6, 6.07) is 6.18. The maximum absolute atomic E-state index is 10.7. The quantitative estimate of drug-likeness (QED) is 0.758. The summed E-state index contributed by atoms with van der Waals surface area (Å²) < 4.78 is 0. The van der Waals surface area contributed by atoms with Gasteiger partial charge in [-0.2, -0.15) is 0 Å². The van der Waals surface area contributed by atoms with Crippen LogP contribution in [0.3, 0.4) is 0 Å². The molecule has 1 aromatic carbocycles. The van der Waals surface area contributed by atoms with E-state index in [-0.39, 0.29) is 0 Å². The van der Waals surface area contributed by atoms with E-state index in [1.54, 1.807) is 43.1 Å². The average Bonchev–Trinajstić information content (AvgIpc) is 2.27. The van der Waals surface area contributed by atoms with Crippen LogP contribution < -0.4 is 4.90 Å². The highest BCUT2D eigenvalue weighted by Crippen LogP contribution is 2.15. The maximum Gasteiger partial charge on any atom is 0.326 e. The minimum absolute atomic E-state index is 0.579. The van der Waals surface area contributed by atoms with E-state index < -0.39 is 12.0 Å². The number of rotatable bonds is 4. The summed E-state index contributed by atoms with van der Waals surface area (Å²) in [5.74, 6) is -0.878. The number of hydrogen-bond acceptors (Lipinski definition) is 3. The van der Waals surface area contributed by atoms with Crippen molar-refractivity contribution in [3.8, 4) is 0 Å². The number of carboxylic acid groups (broad SMARTS) is 1. The molecule has 15 heavy (non-hydrogen) atoms. The molecule has 4 nitrogen and oxygen atoms in total. The highest BCUT2D eigenvalue weighted by Gasteiger charge is 2.16. The lowest BCUT2D eigenvalue weighted by atomic mass is 10.2. The monoisotopic (exact) mass is 207 g/mol. The van der Waals surface area contributed by atoms with Crippen molar-refractivity contribution < 1.29 is 14.7 Å². The van der Waals surface area contributed by atoms with Gasteiger partial charge in [0.05, 0.1) is 0 Å². The average molecular weight is 207 g/mol. The minimum Gasteiger partial charge on any atom is -0.480 e. The second-order valence-corrected chi connectivity index (χ2v) is 3.33. The van der Waals surface area contributed by atoms with Gasteiger partial charge in [0.2, 0.25) is 0 Å². The third-order valence-corrected chi connectivity index (χ3v) is 2.37. The fourth-order valence-corrected chi connectivity index (χ4v) is 1.18. The summed E-state index contributed by atoms with van der Waals surface area (Å²) in [7, 11) is 1.70. The van der Waals surface area contributed by atoms with Crippen LogP contribution in [0.25, 0.3) is 0 Å². The molecule has 80 valence electrons. The molecular weight excluding hydrogens is 194 g/mol. The molecule has 0 aliphatic carbocycles. The van der Waals surface area contributed by atoms with Crippen molar-refractivity contribution in [2.24, 2.45) is 0 Å². The van der Waals surface area contributed by atoms with Crippen LogP contribution in [0.5, 0.6) is 0 Å². The number of carboxylic acids is 1. The van der Waals surface area contributed by atoms with Crippen LogP contribution in [-0.4, -0.2) is 30.5 Å². The van der Waals surface area contributed by atoms with Gasteiger partial charge < -0.3 is 10.0 Å². The first-order valence-corrected chi connectivity index (χ1v) is 4.57.